The molecule has 2 heterocycles. The Hall–Kier alpha value is -1.10. The van der Waals surface area contributed by atoms with E-state index in [4.69, 9.17) is 0 Å². The number of nitrogens with one attached hydrogen (secondary N) is 2. The number of nitrogens with zero attached hydrogens (tertiary/aromatic N) is 2. The summed E-state index contributed by atoms with van der Waals surface area (Å²) in [5.41, 5.74) is 7.82. The molecular formula is C6H8N4S. The summed E-state index contributed by atoms with van der Waals surface area (Å²) in [6, 6.07) is 0. The molecule has 0 radical (unpaired) electrons. The van der Waals surface area contributed by atoms with Crippen molar-refractivity contribution in [2.75, 3.05) is 6.26 Å². The van der Waals surface area contributed by atoms with Crippen LogP contribution in [-0.2, 0) is 0 Å². The van der Waals surface area contributed by atoms with Gasteiger partial charge in [0.15, 0.2) is 0 Å². The normalized spacial score (nSPS) is 19.9. The molecule has 2 N–H and O–H groups in total. The molecule has 0 saturated heterocycles. The van der Waals surface area contributed by atoms with Gasteiger partial charge in [0.2, 0.25) is 0 Å². The van der Waals surface area contributed by atoms with Crippen LogP contribution in [0.2, 0.25) is 0 Å². The lowest BCUT2D eigenvalue weighted by molar-refractivity contribution is 0.761. The summed E-state index contributed by atoms with van der Waals surface area (Å²) in [5, 5.41) is 0. The standard InChI is InChI=1S/C6H8N4S/c1-11-10-3-6-5(7-4-10)2-8-9-6/h2-4,8-9H,1H3. The van der Waals surface area contributed by atoms with Crippen molar-refractivity contribution in [3.05, 3.63) is 23.8 Å². The molecule has 2 aliphatic heterocycles. The Morgan fingerprint density at radius 3 is 3.36 bits per heavy atom. The zero-order valence-corrected chi connectivity index (χ0v) is 6.85. The third-order valence-electron chi connectivity index (χ3n) is 1.47. The second-order valence-electron chi connectivity index (χ2n) is 2.13. The quantitative estimate of drug-likeness (QED) is 0.556. The molecule has 2 aliphatic rings. The van der Waals surface area contributed by atoms with Gasteiger partial charge in [-0.05, 0) is 11.9 Å². The predicted octanol–water partition coefficient (Wildman–Crippen LogP) is 0.399. The highest BCUT2D eigenvalue weighted by atomic mass is 32.2. The maximum Gasteiger partial charge on any atom is 0.109 e. The van der Waals surface area contributed by atoms with Crippen LogP contribution < -0.4 is 10.9 Å². The number of rotatable bonds is 1. The lowest BCUT2D eigenvalue weighted by Crippen LogP contribution is -2.22. The maximum atomic E-state index is 4.19. The van der Waals surface area contributed by atoms with Gasteiger partial charge in [0, 0.05) is 18.7 Å². The first kappa shape index (κ1) is 6.60. The molecule has 0 aromatic carbocycles. The fraction of sp³-hybridized carbons (Fsp3) is 0.167. The minimum atomic E-state index is 0.954. The molecule has 0 spiro atoms. The second-order valence-corrected chi connectivity index (χ2v) is 2.92. The van der Waals surface area contributed by atoms with Crippen LogP contribution in [0.25, 0.3) is 0 Å². The molecule has 2 rings (SSSR count). The Morgan fingerprint density at radius 1 is 1.64 bits per heavy atom. The van der Waals surface area contributed by atoms with E-state index in [1.54, 1.807) is 18.3 Å². The summed E-state index contributed by atoms with van der Waals surface area (Å²) in [5.74, 6) is 0. The maximum absolute atomic E-state index is 4.19. The Morgan fingerprint density at radius 2 is 2.55 bits per heavy atom. The molecule has 0 atom stereocenters. The van der Waals surface area contributed by atoms with Gasteiger partial charge in [-0.3, -0.25) is 9.73 Å². The highest BCUT2D eigenvalue weighted by Crippen LogP contribution is 2.18. The van der Waals surface area contributed by atoms with E-state index in [0.29, 0.717) is 0 Å². The Balaban J connectivity index is 2.24. The Bertz CT molecular complexity index is 255. The first-order chi connectivity index (χ1) is 5.40. The van der Waals surface area contributed by atoms with Crippen LogP contribution in [0, 0.1) is 0 Å². The van der Waals surface area contributed by atoms with E-state index in [2.05, 4.69) is 15.8 Å². The second kappa shape index (κ2) is 2.50. The van der Waals surface area contributed by atoms with Crippen molar-refractivity contribution in [1.29, 1.82) is 0 Å². The van der Waals surface area contributed by atoms with E-state index in [1.165, 1.54) is 0 Å². The van der Waals surface area contributed by atoms with Crippen LogP contribution in [0.5, 0.6) is 0 Å². The van der Waals surface area contributed by atoms with Gasteiger partial charge in [0.25, 0.3) is 0 Å². The first-order valence-electron chi connectivity index (χ1n) is 3.21. The lowest BCUT2D eigenvalue weighted by atomic mass is 10.4. The minimum Gasteiger partial charge on any atom is -0.306 e. The highest BCUT2D eigenvalue weighted by molar-refractivity contribution is 7.96. The first-order valence-corrected chi connectivity index (χ1v) is 4.39. The molecule has 0 unspecified atom stereocenters. The molecule has 0 aromatic rings. The monoisotopic (exact) mass is 168 g/mol. The number of fused-ring (bicyclic) bond motifs is 1. The summed E-state index contributed by atoms with van der Waals surface area (Å²) < 4.78 is 1.94. The van der Waals surface area contributed by atoms with Gasteiger partial charge in [0.05, 0.1) is 5.70 Å². The van der Waals surface area contributed by atoms with Crippen molar-refractivity contribution >= 4 is 18.3 Å². The third kappa shape index (κ3) is 1.07. The van der Waals surface area contributed by atoms with Crippen molar-refractivity contribution in [2.45, 2.75) is 0 Å². The number of hydrazine groups is 1. The third-order valence-corrected chi connectivity index (χ3v) is 2.09. The van der Waals surface area contributed by atoms with Crippen molar-refractivity contribution < 1.29 is 0 Å². The highest BCUT2D eigenvalue weighted by Gasteiger charge is 2.14. The summed E-state index contributed by atoms with van der Waals surface area (Å²) in [4.78, 5) is 4.19. The molecule has 0 bridgehead atoms. The van der Waals surface area contributed by atoms with Gasteiger partial charge >= 0.3 is 0 Å². The average Bonchev–Trinajstić information content (AvgIpc) is 2.50. The molecule has 58 valence electrons. The zero-order chi connectivity index (χ0) is 7.68. The molecule has 0 saturated carbocycles. The molecule has 0 amide bonds. The topological polar surface area (TPSA) is 39.7 Å². The van der Waals surface area contributed by atoms with Crippen LogP contribution in [0.4, 0.5) is 0 Å². The molecule has 4 nitrogen and oxygen atoms in total. The van der Waals surface area contributed by atoms with Crippen molar-refractivity contribution in [2.24, 2.45) is 4.99 Å². The van der Waals surface area contributed by atoms with E-state index in [0.717, 1.165) is 11.4 Å². The van der Waals surface area contributed by atoms with Crippen molar-refractivity contribution in [3.8, 4) is 0 Å². The van der Waals surface area contributed by atoms with E-state index < -0.39 is 0 Å². The molecule has 11 heavy (non-hydrogen) atoms. The molecule has 0 fully saturated rings. The largest absolute Gasteiger partial charge is 0.306 e. The summed E-state index contributed by atoms with van der Waals surface area (Å²) in [6.45, 7) is 0. The van der Waals surface area contributed by atoms with Gasteiger partial charge in [-0.2, -0.15) is 0 Å². The average molecular weight is 168 g/mol. The fourth-order valence-corrected chi connectivity index (χ4v) is 1.26. The molecule has 5 heteroatoms. The Labute approximate surface area is 69.2 Å². The SMILES string of the molecule is CSN1C=NC2=CNNC2=C1. The van der Waals surface area contributed by atoms with E-state index in [-0.39, 0.29) is 0 Å². The summed E-state index contributed by atoms with van der Waals surface area (Å²) in [7, 11) is 0. The van der Waals surface area contributed by atoms with Gasteiger partial charge < -0.3 is 5.43 Å². The number of aliphatic imine (C=N–C) groups is 1. The summed E-state index contributed by atoms with van der Waals surface area (Å²) >= 11 is 1.61. The fourth-order valence-electron chi connectivity index (χ4n) is 0.909. The van der Waals surface area contributed by atoms with Crippen molar-refractivity contribution in [3.63, 3.8) is 0 Å². The Kier molecular flexibility index (Phi) is 1.50. The van der Waals surface area contributed by atoms with Crippen LogP contribution in [0.15, 0.2) is 28.8 Å². The van der Waals surface area contributed by atoms with E-state index in [1.807, 2.05) is 23.0 Å². The molecule has 0 aliphatic carbocycles. The zero-order valence-electron chi connectivity index (χ0n) is 6.03. The smallest absolute Gasteiger partial charge is 0.109 e. The van der Waals surface area contributed by atoms with Crippen LogP contribution in [-0.4, -0.2) is 16.9 Å². The predicted molar refractivity (Wildman–Crippen MR) is 46.3 cm³/mol. The lowest BCUT2D eigenvalue weighted by Gasteiger charge is -2.15. The number of hydrogen-bond acceptors (Lipinski definition) is 5. The van der Waals surface area contributed by atoms with Crippen LogP contribution in [0.1, 0.15) is 0 Å². The number of hydrogen-bond donors (Lipinski definition) is 2. The van der Waals surface area contributed by atoms with Gasteiger partial charge in [-0.25, -0.2) is 4.99 Å². The van der Waals surface area contributed by atoms with Gasteiger partial charge in [-0.1, -0.05) is 0 Å². The van der Waals surface area contributed by atoms with E-state index >= 15 is 0 Å². The van der Waals surface area contributed by atoms with Crippen LogP contribution >= 0.6 is 11.9 Å². The van der Waals surface area contributed by atoms with Crippen LogP contribution in [0.3, 0.4) is 0 Å². The van der Waals surface area contributed by atoms with Gasteiger partial charge in [0.1, 0.15) is 12.0 Å². The molecular weight excluding hydrogens is 160 g/mol. The van der Waals surface area contributed by atoms with E-state index in [9.17, 15) is 0 Å². The van der Waals surface area contributed by atoms with Gasteiger partial charge in [-0.15, -0.1) is 0 Å². The molecule has 0 aromatic heterocycles. The minimum absolute atomic E-state index is 0.954. The van der Waals surface area contributed by atoms with Crippen molar-refractivity contribution in [1.82, 2.24) is 15.2 Å². The summed E-state index contributed by atoms with van der Waals surface area (Å²) in [6.07, 6.45) is 7.61.